The maximum atomic E-state index is 13.3. The molecule has 2 aromatic carbocycles. The summed E-state index contributed by atoms with van der Waals surface area (Å²) in [5.41, 5.74) is 3.87. The Morgan fingerprint density at radius 2 is 1.12 bits per heavy atom. The number of ether oxygens (including phenoxy) is 2. The molecule has 0 amide bonds. The van der Waals surface area contributed by atoms with E-state index in [0.29, 0.717) is 6.79 Å². The number of hydrogen-bond donors (Lipinski definition) is 0. The van der Waals surface area contributed by atoms with Crippen molar-refractivity contribution >= 4 is 0 Å². The van der Waals surface area contributed by atoms with Crippen LogP contribution in [0.4, 0.5) is 8.78 Å². The van der Waals surface area contributed by atoms with Crippen molar-refractivity contribution < 1.29 is 18.3 Å². The number of rotatable bonds is 12. The van der Waals surface area contributed by atoms with Crippen molar-refractivity contribution in [2.45, 2.75) is 106 Å². The third-order valence-electron chi connectivity index (χ3n) is 7.71. The number of nitrogens with zero attached hydrogens (tertiary/aromatic N) is 2. The molecule has 1 aliphatic heterocycles. The second kappa shape index (κ2) is 22.8. The molecule has 0 saturated carbocycles. The predicted molar refractivity (Wildman–Crippen MR) is 200 cm³/mol. The molecule has 49 heavy (non-hydrogen) atoms. The largest absolute Gasteiger partial charge is 0.454 e. The molecule has 268 valence electrons. The van der Waals surface area contributed by atoms with E-state index in [4.69, 9.17) is 9.47 Å². The summed E-state index contributed by atoms with van der Waals surface area (Å²) in [6.07, 6.45) is 10.3. The monoisotopic (exact) mass is 674 g/mol. The van der Waals surface area contributed by atoms with Crippen LogP contribution >= 0.6 is 0 Å². The summed E-state index contributed by atoms with van der Waals surface area (Å²) in [5.74, 6) is 1.28. The molecule has 2 aromatic heterocycles. The summed E-state index contributed by atoms with van der Waals surface area (Å²) in [6.45, 7) is 17.4. The van der Waals surface area contributed by atoms with Crippen molar-refractivity contribution in [1.29, 1.82) is 0 Å². The molecule has 0 atom stereocenters. The van der Waals surface area contributed by atoms with Crippen LogP contribution in [0.5, 0.6) is 11.5 Å². The second-order valence-electron chi connectivity index (χ2n) is 14.3. The van der Waals surface area contributed by atoms with Gasteiger partial charge in [0.05, 0.1) is 0 Å². The lowest BCUT2D eigenvalue weighted by Gasteiger charge is -2.17. The van der Waals surface area contributed by atoms with Crippen LogP contribution < -0.4 is 9.47 Å². The molecular weight excluding hydrogens is 614 g/mol. The summed E-state index contributed by atoms with van der Waals surface area (Å²) < 4.78 is 37.3. The van der Waals surface area contributed by atoms with Crippen LogP contribution in [0.1, 0.15) is 104 Å². The number of aromatic nitrogens is 2. The molecule has 0 spiro atoms. The predicted octanol–water partition coefficient (Wildman–Crippen LogP) is 12.2. The van der Waals surface area contributed by atoms with E-state index in [2.05, 4.69) is 100 Å². The summed E-state index contributed by atoms with van der Waals surface area (Å²) in [5, 5.41) is 0. The number of hydrogen-bond acceptors (Lipinski definition) is 4. The maximum absolute atomic E-state index is 13.3. The first-order chi connectivity index (χ1) is 23.4. The summed E-state index contributed by atoms with van der Waals surface area (Å²) >= 11 is 0. The van der Waals surface area contributed by atoms with Crippen LogP contribution in [0, 0.1) is 23.7 Å². The summed E-state index contributed by atoms with van der Waals surface area (Å²) in [6, 6.07) is 27.5. The number of fused-ring (bicyclic) bond motifs is 1. The van der Waals surface area contributed by atoms with Crippen LogP contribution in [0.2, 0.25) is 0 Å². The number of pyridine rings is 2. The molecule has 0 bridgehead atoms. The van der Waals surface area contributed by atoms with Crippen LogP contribution in [-0.4, -0.2) is 16.8 Å². The van der Waals surface area contributed by atoms with Gasteiger partial charge in [0.2, 0.25) is 6.79 Å². The average molecular weight is 675 g/mol. The highest BCUT2D eigenvalue weighted by molar-refractivity contribution is 5.44. The second-order valence-corrected chi connectivity index (χ2v) is 14.3. The van der Waals surface area contributed by atoms with Gasteiger partial charge in [0.25, 0.3) is 5.92 Å². The van der Waals surface area contributed by atoms with Crippen molar-refractivity contribution in [2.24, 2.45) is 23.7 Å². The van der Waals surface area contributed by atoms with Gasteiger partial charge in [-0.05, 0) is 110 Å². The topological polar surface area (TPSA) is 44.2 Å². The molecular formula is C43H60F2N2O2. The molecule has 3 heterocycles. The lowest BCUT2D eigenvalue weighted by molar-refractivity contribution is -0.0291. The Kier molecular flexibility index (Phi) is 19.2. The van der Waals surface area contributed by atoms with Gasteiger partial charge in [-0.2, -0.15) is 8.78 Å². The maximum Gasteiger partial charge on any atom is 0.289 e. The summed E-state index contributed by atoms with van der Waals surface area (Å²) in [4.78, 5) is 7.90. The Morgan fingerprint density at radius 3 is 1.67 bits per heavy atom. The highest BCUT2D eigenvalue weighted by Gasteiger charge is 2.33. The Morgan fingerprint density at radius 1 is 0.571 bits per heavy atom. The first-order valence-electron chi connectivity index (χ1n) is 18.0. The fourth-order valence-corrected chi connectivity index (χ4v) is 4.83. The van der Waals surface area contributed by atoms with Crippen LogP contribution in [0.3, 0.4) is 0 Å². The average Bonchev–Trinajstić information content (AvgIpc) is 3.55. The molecule has 0 fully saturated rings. The Bertz CT molecular complexity index is 1350. The third kappa shape index (κ3) is 18.5. The Balaban J connectivity index is 0.000000228. The third-order valence-corrected chi connectivity index (χ3v) is 7.71. The van der Waals surface area contributed by atoms with E-state index in [1.165, 1.54) is 54.8 Å². The van der Waals surface area contributed by atoms with E-state index in [9.17, 15) is 8.78 Å². The van der Waals surface area contributed by atoms with Crippen molar-refractivity contribution in [3.63, 3.8) is 0 Å². The molecule has 1 aliphatic rings. The highest BCUT2D eigenvalue weighted by atomic mass is 19.3. The van der Waals surface area contributed by atoms with Gasteiger partial charge in [-0.15, -0.1) is 0 Å². The fourth-order valence-electron chi connectivity index (χ4n) is 4.83. The van der Waals surface area contributed by atoms with Gasteiger partial charge in [-0.3, -0.25) is 9.97 Å². The fraction of sp³-hybridized carbons (Fsp3) is 0.488. The molecule has 0 saturated heterocycles. The zero-order valence-electron chi connectivity index (χ0n) is 31.2. The molecule has 4 aromatic rings. The summed E-state index contributed by atoms with van der Waals surface area (Å²) in [7, 11) is 0. The van der Waals surface area contributed by atoms with Gasteiger partial charge in [-0.1, -0.05) is 104 Å². The zero-order valence-corrected chi connectivity index (χ0v) is 31.2. The van der Waals surface area contributed by atoms with Crippen molar-refractivity contribution in [3.8, 4) is 11.5 Å². The van der Waals surface area contributed by atoms with E-state index >= 15 is 0 Å². The minimum atomic E-state index is -2.80. The van der Waals surface area contributed by atoms with Gasteiger partial charge in [0, 0.05) is 24.5 Å². The smallest absolute Gasteiger partial charge is 0.289 e. The van der Waals surface area contributed by atoms with Crippen LogP contribution in [-0.2, 0) is 25.2 Å². The van der Waals surface area contributed by atoms with Gasteiger partial charge >= 0.3 is 0 Å². The number of benzene rings is 2. The molecule has 0 unspecified atom stereocenters. The number of aryl methyl sites for hydroxylation is 3. The van der Waals surface area contributed by atoms with E-state index < -0.39 is 5.92 Å². The molecule has 0 N–H and O–H groups in total. The van der Waals surface area contributed by atoms with Crippen molar-refractivity contribution in [2.75, 3.05) is 6.79 Å². The first kappa shape index (κ1) is 41.4. The molecule has 6 heteroatoms. The minimum Gasteiger partial charge on any atom is -0.454 e. The zero-order chi connectivity index (χ0) is 36.1. The lowest BCUT2D eigenvalue weighted by Crippen LogP contribution is -2.17. The molecule has 5 rings (SSSR count). The SMILES string of the molecule is CC(C)CC(F)(F)c1ccccn1.CC(C)CCc1ccc2c(c1)OCO2.CC(C)CCc1ccccc1.CC(C)CCc1ccccn1. The van der Waals surface area contributed by atoms with Gasteiger partial charge < -0.3 is 9.47 Å². The van der Waals surface area contributed by atoms with Gasteiger partial charge in [0.15, 0.2) is 11.5 Å². The quantitative estimate of drug-likeness (QED) is 0.150. The van der Waals surface area contributed by atoms with Crippen molar-refractivity contribution in [1.82, 2.24) is 9.97 Å². The molecule has 0 radical (unpaired) electrons. The van der Waals surface area contributed by atoms with Gasteiger partial charge in [-0.25, -0.2) is 0 Å². The lowest BCUT2D eigenvalue weighted by atomic mass is 10.0. The number of alkyl halides is 2. The Hall–Kier alpha value is -3.80. The van der Waals surface area contributed by atoms with Crippen molar-refractivity contribution in [3.05, 3.63) is 120 Å². The van der Waals surface area contributed by atoms with E-state index in [1.807, 2.05) is 24.4 Å². The van der Waals surface area contributed by atoms with Crippen LogP contribution in [0.15, 0.2) is 97.3 Å². The van der Waals surface area contributed by atoms with Gasteiger partial charge in [0.1, 0.15) is 5.69 Å². The first-order valence-corrected chi connectivity index (χ1v) is 18.0. The molecule has 4 nitrogen and oxygen atoms in total. The standard InChI is InChI=1S/C12H16O2.C11H16.C10H13F2N.C10H15N/c1-9(2)3-4-10-5-6-11-12(7-10)14-8-13-11;1-10(2)8-9-11-6-4-3-5-7-11;1-8(2)7-10(11,12)9-5-3-4-6-13-9;1-9(2)6-7-10-5-3-4-8-11-10/h5-7,9H,3-4,8H2,1-2H3;3-7,10H,8-9H2,1-2H3;3-6,8H,7H2,1-2H3;3-5,8-9H,6-7H2,1-2H3. The number of halogens is 2. The normalized spacial score (nSPS) is 11.8. The van der Waals surface area contributed by atoms with E-state index in [1.54, 1.807) is 26.0 Å². The van der Waals surface area contributed by atoms with E-state index in [-0.39, 0.29) is 18.0 Å². The Labute approximate surface area is 295 Å². The van der Waals surface area contributed by atoms with Crippen LogP contribution in [0.25, 0.3) is 0 Å². The van der Waals surface area contributed by atoms with E-state index in [0.717, 1.165) is 42.1 Å². The molecule has 0 aliphatic carbocycles. The highest BCUT2D eigenvalue weighted by Crippen LogP contribution is 2.33. The minimum absolute atomic E-state index is 0.0305.